The van der Waals surface area contributed by atoms with Gasteiger partial charge in [-0.3, -0.25) is 10.1 Å². The molecule has 2 aromatic rings. The third-order valence-electron chi connectivity index (χ3n) is 8.13. The minimum atomic E-state index is -1.34. The third kappa shape index (κ3) is 9.30. The summed E-state index contributed by atoms with van der Waals surface area (Å²) in [5.41, 5.74) is -0.706. The summed E-state index contributed by atoms with van der Waals surface area (Å²) in [4.78, 5) is 11.6. The van der Waals surface area contributed by atoms with Crippen LogP contribution in [0, 0.1) is 21.4 Å². The van der Waals surface area contributed by atoms with E-state index in [4.69, 9.17) is 28.4 Å². The minimum absolute atomic E-state index is 0.0177. The number of nitrogens with zero attached hydrogens (tertiary/aromatic N) is 2. The Hall–Kier alpha value is -3.91. The van der Waals surface area contributed by atoms with Gasteiger partial charge in [0.15, 0.2) is 23.0 Å². The van der Waals surface area contributed by atoms with Gasteiger partial charge in [0.25, 0.3) is 0 Å². The fourth-order valence-electron chi connectivity index (χ4n) is 5.41. The smallest absolute Gasteiger partial charge is 0.242 e. The van der Waals surface area contributed by atoms with E-state index >= 15 is 0 Å². The van der Waals surface area contributed by atoms with Gasteiger partial charge < -0.3 is 33.5 Å². The Labute approximate surface area is 266 Å². The van der Waals surface area contributed by atoms with E-state index in [0.717, 1.165) is 38.5 Å². The van der Waals surface area contributed by atoms with Gasteiger partial charge >= 0.3 is 0 Å². The zero-order chi connectivity index (χ0) is 32.8. The Morgan fingerprint density at radius 2 is 1.69 bits per heavy atom. The van der Waals surface area contributed by atoms with Crippen molar-refractivity contribution in [2.75, 3.05) is 34.0 Å². The van der Waals surface area contributed by atoms with Gasteiger partial charge in [-0.1, -0.05) is 51.7 Å². The largest absolute Gasteiger partial charge is 0.490 e. The van der Waals surface area contributed by atoms with Gasteiger partial charge in [0.05, 0.1) is 45.3 Å². The molecule has 0 bridgehead atoms. The van der Waals surface area contributed by atoms with Crippen LogP contribution in [0.25, 0.3) is 0 Å². The topological polar surface area (TPSA) is 143 Å². The first-order chi connectivity index (χ1) is 21.7. The zero-order valence-corrected chi connectivity index (χ0v) is 27.2. The maximum Gasteiger partial charge on any atom is 0.242 e. The van der Waals surface area contributed by atoms with Gasteiger partial charge in [0, 0.05) is 10.5 Å². The number of nitro groups is 1. The predicted molar refractivity (Wildman–Crippen MR) is 170 cm³/mol. The molecule has 0 aromatic heterocycles. The lowest BCUT2D eigenvalue weighted by atomic mass is 9.77. The molecule has 1 aliphatic rings. The molecule has 3 rings (SSSR count). The van der Waals surface area contributed by atoms with Crippen LogP contribution in [-0.4, -0.2) is 62.3 Å². The molecule has 11 nitrogen and oxygen atoms in total. The maximum absolute atomic E-state index is 12.1. The summed E-state index contributed by atoms with van der Waals surface area (Å²) >= 11 is 0. The first kappa shape index (κ1) is 35.6. The molecule has 0 saturated carbocycles. The second kappa shape index (κ2) is 17.5. The number of nitriles is 1. The van der Waals surface area contributed by atoms with Crippen LogP contribution < -0.4 is 28.4 Å². The summed E-state index contributed by atoms with van der Waals surface area (Å²) < 4.78 is 35.5. The number of unbranched alkanes of at least 4 members (excludes halogenated alkanes) is 4. The van der Waals surface area contributed by atoms with Crippen molar-refractivity contribution < 1.29 is 38.5 Å². The molecule has 1 heterocycles. The fourth-order valence-corrected chi connectivity index (χ4v) is 5.41. The van der Waals surface area contributed by atoms with Crippen LogP contribution in [0.15, 0.2) is 30.3 Å². The van der Waals surface area contributed by atoms with Gasteiger partial charge in [-0.05, 0) is 50.8 Å². The Morgan fingerprint density at radius 3 is 2.29 bits per heavy atom. The summed E-state index contributed by atoms with van der Waals surface area (Å²) in [5.74, 6) is 2.55. The molecule has 2 aromatic carbocycles. The fraction of sp³-hybridized carbons (Fsp3) is 0.618. The molecule has 0 saturated heterocycles. The van der Waals surface area contributed by atoms with Crippen LogP contribution in [0.3, 0.4) is 0 Å². The van der Waals surface area contributed by atoms with Crippen molar-refractivity contribution in [1.82, 2.24) is 0 Å². The second-order valence-corrected chi connectivity index (χ2v) is 11.6. The van der Waals surface area contributed by atoms with Gasteiger partial charge in [-0.2, -0.15) is 5.26 Å². The number of hydrogen-bond donors (Lipinski definition) is 1. The SMILES string of the molecule is CCCCCOc1cc(C(C)(C#N)CCC(O)C(CC2COc3ccccc3O2)[N+](=O)[O-])c(OCCCCC)c(OC)c1OC. The van der Waals surface area contributed by atoms with Crippen molar-refractivity contribution in [1.29, 1.82) is 5.26 Å². The normalized spacial score (nSPS) is 16.5. The Morgan fingerprint density at radius 1 is 1.04 bits per heavy atom. The van der Waals surface area contributed by atoms with Crippen LogP contribution in [0.5, 0.6) is 34.5 Å². The number of hydrogen-bond acceptors (Lipinski definition) is 10. The lowest BCUT2D eigenvalue weighted by Gasteiger charge is -2.30. The van der Waals surface area contributed by atoms with Crippen molar-refractivity contribution in [3.8, 4) is 40.6 Å². The second-order valence-electron chi connectivity index (χ2n) is 11.6. The Bertz CT molecular complexity index is 1280. The summed E-state index contributed by atoms with van der Waals surface area (Å²) in [6, 6.07) is 9.94. The highest BCUT2D eigenvalue weighted by molar-refractivity contribution is 5.65. The molecule has 0 amide bonds. The van der Waals surface area contributed by atoms with E-state index in [1.54, 1.807) is 31.2 Å². The van der Waals surface area contributed by atoms with Crippen LogP contribution in [0.4, 0.5) is 0 Å². The molecular weight excluding hydrogens is 580 g/mol. The highest BCUT2D eigenvalue weighted by Crippen LogP contribution is 2.51. The number of benzene rings is 2. The summed E-state index contributed by atoms with van der Waals surface area (Å²) in [5, 5.41) is 33.8. The summed E-state index contributed by atoms with van der Waals surface area (Å²) in [7, 11) is 3.03. The molecule has 4 unspecified atom stereocenters. The van der Waals surface area contributed by atoms with Gasteiger partial charge in [0.1, 0.15) is 18.8 Å². The molecule has 11 heteroatoms. The average molecular weight is 629 g/mol. The van der Waals surface area contributed by atoms with Crippen LogP contribution >= 0.6 is 0 Å². The van der Waals surface area contributed by atoms with E-state index in [9.17, 15) is 20.5 Å². The predicted octanol–water partition coefficient (Wildman–Crippen LogP) is 6.64. The van der Waals surface area contributed by atoms with Crippen molar-refractivity contribution in [2.24, 2.45) is 0 Å². The quantitative estimate of drug-likeness (QED) is 0.0963. The molecule has 0 fully saturated rings. The minimum Gasteiger partial charge on any atom is -0.490 e. The highest BCUT2D eigenvalue weighted by Gasteiger charge is 2.40. The molecule has 1 N–H and O–H groups in total. The van der Waals surface area contributed by atoms with Crippen molar-refractivity contribution in [2.45, 2.75) is 102 Å². The molecular formula is C34H48N2O9. The van der Waals surface area contributed by atoms with Gasteiger partial charge in [0.2, 0.25) is 17.5 Å². The number of fused-ring (bicyclic) bond motifs is 1. The highest BCUT2D eigenvalue weighted by atomic mass is 16.6. The van der Waals surface area contributed by atoms with Crippen molar-refractivity contribution in [3.05, 3.63) is 46.0 Å². The molecule has 0 spiro atoms. The Kier molecular flexibility index (Phi) is 13.9. The van der Waals surface area contributed by atoms with E-state index < -0.39 is 28.6 Å². The van der Waals surface area contributed by atoms with Crippen LogP contribution in [0.2, 0.25) is 0 Å². The number of ether oxygens (including phenoxy) is 6. The zero-order valence-electron chi connectivity index (χ0n) is 27.2. The van der Waals surface area contributed by atoms with Gasteiger partial charge in [-0.25, -0.2) is 0 Å². The number of methoxy groups -OCH3 is 2. The lowest BCUT2D eigenvalue weighted by molar-refractivity contribution is -0.537. The molecule has 0 aliphatic carbocycles. The van der Waals surface area contributed by atoms with E-state index in [2.05, 4.69) is 19.9 Å². The van der Waals surface area contributed by atoms with E-state index in [0.29, 0.717) is 53.3 Å². The van der Waals surface area contributed by atoms with Crippen LogP contribution in [0.1, 0.15) is 84.1 Å². The third-order valence-corrected chi connectivity index (χ3v) is 8.13. The summed E-state index contributed by atoms with van der Waals surface area (Å²) in [6.07, 6.45) is 3.76. The Balaban J connectivity index is 1.88. The number of aliphatic hydroxyl groups is 1. The van der Waals surface area contributed by atoms with Gasteiger partial charge in [-0.15, -0.1) is 0 Å². The van der Waals surface area contributed by atoms with Crippen LogP contribution in [-0.2, 0) is 5.41 Å². The average Bonchev–Trinajstić information content (AvgIpc) is 3.05. The summed E-state index contributed by atoms with van der Waals surface area (Å²) in [6.45, 7) is 6.93. The van der Waals surface area contributed by atoms with E-state index in [-0.39, 0.29) is 25.9 Å². The molecule has 0 radical (unpaired) electrons. The molecule has 1 aliphatic heterocycles. The number of para-hydroxylation sites is 2. The molecule has 45 heavy (non-hydrogen) atoms. The molecule has 4 atom stereocenters. The van der Waals surface area contributed by atoms with Crippen molar-refractivity contribution >= 4 is 0 Å². The number of aliphatic hydroxyl groups excluding tert-OH is 1. The first-order valence-corrected chi connectivity index (χ1v) is 15.9. The monoisotopic (exact) mass is 628 g/mol. The number of rotatable bonds is 20. The maximum atomic E-state index is 12.1. The standard InChI is InChI=1S/C34H48N2O9/c1-6-8-12-18-42-30-21-25(31(43-19-13-9-7-2)33(41-5)32(30)40-4)34(3,23-35)17-16-27(37)26(36(38)39)20-24-22-44-28-14-10-11-15-29(28)45-24/h10-11,14-15,21,24,26-27,37H,6-9,12-13,16-20,22H2,1-5H3. The van der Waals surface area contributed by atoms with Crippen molar-refractivity contribution in [3.63, 3.8) is 0 Å². The first-order valence-electron chi connectivity index (χ1n) is 15.9. The lowest BCUT2D eigenvalue weighted by Crippen LogP contribution is -2.42. The van der Waals surface area contributed by atoms with E-state index in [1.807, 2.05) is 6.07 Å². The van der Waals surface area contributed by atoms with E-state index in [1.165, 1.54) is 14.2 Å². The molecule has 248 valence electrons.